The monoisotopic (exact) mass is 224 g/mol. The molecule has 0 saturated heterocycles. The van der Waals surface area contributed by atoms with Crippen LogP contribution < -0.4 is 5.73 Å². The van der Waals surface area contributed by atoms with Crippen molar-refractivity contribution in [3.8, 4) is 0 Å². The molecule has 0 spiro atoms. The maximum Gasteiger partial charge on any atom is 0.488 e. The van der Waals surface area contributed by atoms with Crippen LogP contribution in [0.25, 0.3) is 0 Å². The molecule has 0 amide bonds. The third-order valence-corrected chi connectivity index (χ3v) is 2.61. The van der Waals surface area contributed by atoms with Crippen molar-refractivity contribution in [3.05, 3.63) is 24.0 Å². The summed E-state index contributed by atoms with van der Waals surface area (Å²) in [5.74, 6) is -0.587. The van der Waals surface area contributed by atoms with E-state index in [1.54, 1.807) is 0 Å². The van der Waals surface area contributed by atoms with Gasteiger partial charge in [0.25, 0.3) is 0 Å². The van der Waals surface area contributed by atoms with Gasteiger partial charge in [-0.1, -0.05) is 0 Å². The summed E-state index contributed by atoms with van der Waals surface area (Å²) in [6.45, 7) is -4.87. The Morgan fingerprint density at radius 3 is 2.50 bits per heavy atom. The molecule has 0 bridgehead atoms. The summed E-state index contributed by atoms with van der Waals surface area (Å²) in [5.41, 5.74) is 4.53. The topological polar surface area (TPSA) is 26.0 Å². The molecule has 0 heterocycles. The van der Waals surface area contributed by atoms with Crippen molar-refractivity contribution < 1.29 is 17.3 Å². The molecule has 1 rings (SSSR count). The molecule has 0 saturated carbocycles. The van der Waals surface area contributed by atoms with Crippen molar-refractivity contribution in [3.63, 3.8) is 0 Å². The number of thioether (sulfide) groups is 1. The first-order chi connectivity index (χ1) is 6.38. The molecule has 1 aromatic carbocycles. The van der Waals surface area contributed by atoms with Crippen LogP contribution in [0.2, 0.25) is 0 Å². The Labute approximate surface area is 82.7 Å². The number of halogens is 4. The summed E-state index contributed by atoms with van der Waals surface area (Å²) >= 11 is 0.506. The number of rotatable bonds is 3. The Kier molecular flexibility index (Phi) is 3.31. The Hall–Kier alpha value is -0.845. The first-order valence-corrected chi connectivity index (χ1v) is 4.76. The van der Waals surface area contributed by atoms with Crippen LogP contribution in [-0.2, 0) is 0 Å². The molecule has 0 fully saturated rings. The highest BCUT2D eigenvalue weighted by molar-refractivity contribution is 8.00. The average molecular weight is 224 g/mol. The van der Waals surface area contributed by atoms with E-state index in [0.29, 0.717) is 11.8 Å². The summed E-state index contributed by atoms with van der Waals surface area (Å²) in [5, 5.41) is 0. The molecule has 0 aliphatic rings. The lowest BCUT2D eigenvalue weighted by Gasteiger charge is -2.13. The quantitative estimate of drug-likeness (QED) is 0.369. The molecule has 2 N–H and O–H groups in total. The van der Waals surface area contributed by atoms with Crippen LogP contribution in [0.1, 0.15) is 0 Å². The van der Waals surface area contributed by atoms with Gasteiger partial charge in [0.2, 0.25) is 0 Å². The van der Waals surface area contributed by atoms with E-state index in [9.17, 15) is 17.3 Å². The van der Waals surface area contributed by atoms with Gasteiger partial charge < -0.3 is 18.7 Å². The minimum atomic E-state index is -4.87. The zero-order chi connectivity index (χ0) is 10.8. The van der Waals surface area contributed by atoms with Gasteiger partial charge in [0, 0.05) is 10.6 Å². The lowest BCUT2D eigenvalue weighted by atomic mass is 9.98. The van der Waals surface area contributed by atoms with E-state index in [1.165, 1.54) is 6.07 Å². The van der Waals surface area contributed by atoms with Crippen LogP contribution >= 0.6 is 11.8 Å². The lowest BCUT2D eigenvalue weighted by molar-refractivity contribution is 0.485. The second-order valence-electron chi connectivity index (χ2n) is 2.70. The van der Waals surface area contributed by atoms with Crippen LogP contribution in [0, 0.1) is 5.82 Å². The number of nitrogens with two attached hydrogens (primary N) is 1. The summed E-state index contributed by atoms with van der Waals surface area (Å²) in [6, 6.07) is 3.36. The predicted octanol–water partition coefficient (Wildman–Crippen LogP) is 2.89. The van der Waals surface area contributed by atoms with Crippen molar-refractivity contribution in [2.75, 3.05) is 11.4 Å². The normalized spacial score (nSPS) is 11.7. The highest BCUT2D eigenvalue weighted by Crippen LogP contribution is 2.29. The first kappa shape index (κ1) is 11.2. The Balaban J connectivity index is 2.72. The molecule has 14 heavy (non-hydrogen) atoms. The smallest absolute Gasteiger partial charge is 0.448 e. The van der Waals surface area contributed by atoms with Crippen molar-refractivity contribution in [1.82, 2.24) is 0 Å². The summed E-state index contributed by atoms with van der Waals surface area (Å²) in [6.07, 6.45) is 0. The van der Waals surface area contributed by atoms with Gasteiger partial charge in [-0.15, -0.1) is 0 Å². The average Bonchev–Trinajstić information content (AvgIpc) is 2.05. The SMILES string of the molecule is Nc1ccc(F)cc1SC[B-](F)(F)F. The molecule has 78 valence electrons. The third kappa shape index (κ3) is 3.49. The van der Waals surface area contributed by atoms with E-state index in [0.717, 1.165) is 12.1 Å². The van der Waals surface area contributed by atoms with Crippen molar-refractivity contribution >= 4 is 24.4 Å². The Morgan fingerprint density at radius 1 is 1.29 bits per heavy atom. The van der Waals surface area contributed by atoms with Gasteiger partial charge in [-0.05, 0) is 23.9 Å². The van der Waals surface area contributed by atoms with Gasteiger partial charge in [-0.2, -0.15) is 11.8 Å². The Morgan fingerprint density at radius 2 is 1.93 bits per heavy atom. The fourth-order valence-electron chi connectivity index (χ4n) is 0.817. The maximum absolute atomic E-state index is 12.6. The standard InChI is InChI=1S/C7H7BF4NS/c9-5-1-2-6(13)7(3-5)14-4-8(10,11)12/h1-3H,4,13H2/q-1. The molecule has 0 aromatic heterocycles. The number of anilines is 1. The predicted molar refractivity (Wildman–Crippen MR) is 50.6 cm³/mol. The van der Waals surface area contributed by atoms with Crippen LogP contribution in [0.3, 0.4) is 0 Å². The van der Waals surface area contributed by atoms with Gasteiger partial charge in [-0.3, -0.25) is 0 Å². The summed E-state index contributed by atoms with van der Waals surface area (Å²) in [4.78, 5) is 0.129. The fraction of sp³-hybridized carbons (Fsp3) is 0.143. The van der Waals surface area contributed by atoms with E-state index in [-0.39, 0.29) is 10.6 Å². The highest BCUT2D eigenvalue weighted by Gasteiger charge is 2.23. The van der Waals surface area contributed by atoms with Crippen LogP contribution in [0.4, 0.5) is 23.0 Å². The fourth-order valence-corrected chi connectivity index (χ4v) is 1.62. The van der Waals surface area contributed by atoms with Crippen LogP contribution in [0.15, 0.2) is 23.1 Å². The maximum atomic E-state index is 12.6. The molecule has 0 radical (unpaired) electrons. The third-order valence-electron chi connectivity index (χ3n) is 1.40. The zero-order valence-electron chi connectivity index (χ0n) is 7.01. The molecule has 0 atom stereocenters. The summed E-state index contributed by atoms with van der Waals surface area (Å²) in [7, 11) is 0. The summed E-state index contributed by atoms with van der Waals surface area (Å²) < 4.78 is 48.3. The van der Waals surface area contributed by atoms with E-state index in [2.05, 4.69) is 0 Å². The highest BCUT2D eigenvalue weighted by atomic mass is 32.2. The molecule has 1 nitrogen and oxygen atoms in total. The van der Waals surface area contributed by atoms with Crippen molar-refractivity contribution in [1.29, 1.82) is 0 Å². The molecule has 0 aliphatic heterocycles. The Bertz CT molecular complexity index is 328. The zero-order valence-corrected chi connectivity index (χ0v) is 7.83. The van der Waals surface area contributed by atoms with Gasteiger partial charge in [0.15, 0.2) is 0 Å². The van der Waals surface area contributed by atoms with Crippen LogP contribution in [-0.4, -0.2) is 12.6 Å². The van der Waals surface area contributed by atoms with E-state index in [1.807, 2.05) is 0 Å². The number of nitrogen functional groups attached to an aromatic ring is 1. The first-order valence-electron chi connectivity index (χ1n) is 3.77. The van der Waals surface area contributed by atoms with Crippen LogP contribution in [0.5, 0.6) is 0 Å². The molecule has 0 unspecified atom stereocenters. The second kappa shape index (κ2) is 4.12. The van der Waals surface area contributed by atoms with Gasteiger partial charge in [0.1, 0.15) is 5.82 Å². The van der Waals surface area contributed by atoms with Crippen molar-refractivity contribution in [2.24, 2.45) is 0 Å². The van der Waals surface area contributed by atoms with E-state index >= 15 is 0 Å². The second-order valence-corrected chi connectivity index (χ2v) is 3.77. The number of benzene rings is 1. The minimum absolute atomic E-state index is 0.129. The molecule has 1 aromatic rings. The van der Waals surface area contributed by atoms with E-state index in [4.69, 9.17) is 5.73 Å². The van der Waals surface area contributed by atoms with E-state index < -0.39 is 18.4 Å². The largest absolute Gasteiger partial charge is 0.488 e. The molecular weight excluding hydrogens is 217 g/mol. The van der Waals surface area contributed by atoms with Gasteiger partial charge in [0.05, 0.1) is 0 Å². The molecule has 7 heteroatoms. The number of hydrogen-bond donors (Lipinski definition) is 1. The van der Waals surface area contributed by atoms with Crippen molar-refractivity contribution in [2.45, 2.75) is 4.90 Å². The van der Waals surface area contributed by atoms with Gasteiger partial charge in [-0.25, -0.2) is 4.39 Å². The lowest BCUT2D eigenvalue weighted by Crippen LogP contribution is -2.19. The molecular formula is C7H7BF4NS-. The molecule has 0 aliphatic carbocycles. The minimum Gasteiger partial charge on any atom is -0.448 e. The van der Waals surface area contributed by atoms with Gasteiger partial charge >= 0.3 is 6.98 Å². The number of hydrogen-bond acceptors (Lipinski definition) is 2.